The summed E-state index contributed by atoms with van der Waals surface area (Å²) in [6, 6.07) is 0.0503. The molecule has 0 amide bonds. The minimum absolute atomic E-state index is 0.0503. The highest BCUT2D eigenvalue weighted by molar-refractivity contribution is 7.91. The van der Waals surface area contributed by atoms with Gasteiger partial charge >= 0.3 is 0 Å². The molecule has 1 saturated heterocycles. The first kappa shape index (κ1) is 8.80. The smallest absolute Gasteiger partial charge is 0.191 e. The Kier molecular flexibility index (Phi) is 2.15. The first-order valence-electron chi connectivity index (χ1n) is 4.41. The van der Waals surface area contributed by atoms with Gasteiger partial charge in [0.2, 0.25) is 0 Å². The van der Waals surface area contributed by atoms with Crippen molar-refractivity contribution in [3.63, 3.8) is 0 Å². The van der Waals surface area contributed by atoms with Gasteiger partial charge in [-0.3, -0.25) is 4.99 Å². The number of rotatable bonds is 1. The van der Waals surface area contributed by atoms with Gasteiger partial charge in [0.15, 0.2) is 15.8 Å². The van der Waals surface area contributed by atoms with Crippen LogP contribution in [0.25, 0.3) is 0 Å². The predicted octanol–water partition coefficient (Wildman–Crippen LogP) is -1.28. The third kappa shape index (κ3) is 2.12. The molecule has 2 heterocycles. The molecule has 74 valence electrons. The molecule has 0 aromatic rings. The van der Waals surface area contributed by atoms with Crippen LogP contribution in [0.1, 0.15) is 6.42 Å². The minimum Gasteiger partial charge on any atom is -0.355 e. The van der Waals surface area contributed by atoms with Gasteiger partial charge in [-0.25, -0.2) is 8.42 Å². The molecule has 1 atom stereocenters. The van der Waals surface area contributed by atoms with E-state index >= 15 is 0 Å². The molecule has 0 aromatic heterocycles. The van der Waals surface area contributed by atoms with Crippen LogP contribution in [0.5, 0.6) is 0 Å². The molecule has 0 saturated carbocycles. The lowest BCUT2D eigenvalue weighted by molar-refractivity contribution is 0.600. The van der Waals surface area contributed by atoms with Gasteiger partial charge < -0.3 is 10.6 Å². The van der Waals surface area contributed by atoms with Crippen LogP contribution < -0.4 is 10.6 Å². The lowest BCUT2D eigenvalue weighted by atomic mass is 10.3. The predicted molar refractivity (Wildman–Crippen MR) is 50.5 cm³/mol. The Morgan fingerprint density at radius 2 is 2.38 bits per heavy atom. The summed E-state index contributed by atoms with van der Waals surface area (Å²) < 4.78 is 22.2. The Labute approximate surface area is 77.5 Å². The number of aliphatic imine (C=N–C) groups is 1. The molecule has 0 bridgehead atoms. The minimum atomic E-state index is -2.78. The molecule has 1 unspecified atom stereocenters. The number of nitrogens with zero attached hydrogens (tertiary/aromatic N) is 1. The second-order valence-corrected chi connectivity index (χ2v) is 5.63. The van der Waals surface area contributed by atoms with Gasteiger partial charge in [0.05, 0.1) is 18.1 Å². The lowest BCUT2D eigenvalue weighted by Gasteiger charge is -2.11. The molecular weight excluding hydrogens is 190 g/mol. The summed E-state index contributed by atoms with van der Waals surface area (Å²) in [5, 5.41) is 6.15. The SMILES string of the molecule is O=S1(=O)CCC(NC2=NCCN2)C1. The maximum atomic E-state index is 11.1. The zero-order chi connectivity index (χ0) is 9.31. The molecule has 0 aliphatic carbocycles. The fourth-order valence-corrected chi connectivity index (χ4v) is 3.27. The summed E-state index contributed by atoms with van der Waals surface area (Å²) in [6.07, 6.45) is 0.697. The first-order valence-corrected chi connectivity index (χ1v) is 6.23. The van der Waals surface area contributed by atoms with Crippen LogP contribution >= 0.6 is 0 Å². The molecular formula is C7H13N3O2S. The van der Waals surface area contributed by atoms with Crippen molar-refractivity contribution in [2.75, 3.05) is 24.6 Å². The van der Waals surface area contributed by atoms with E-state index in [0.29, 0.717) is 12.2 Å². The molecule has 2 aliphatic rings. The summed E-state index contributed by atoms with van der Waals surface area (Å²) in [6.45, 7) is 1.63. The summed E-state index contributed by atoms with van der Waals surface area (Å²) in [5.41, 5.74) is 0. The summed E-state index contributed by atoms with van der Waals surface area (Å²) >= 11 is 0. The number of sulfone groups is 1. The Hall–Kier alpha value is -0.780. The summed E-state index contributed by atoms with van der Waals surface area (Å²) in [4.78, 5) is 4.15. The quantitative estimate of drug-likeness (QED) is 0.557. The standard InChI is InChI=1S/C7H13N3O2S/c11-13(12)4-1-6(5-13)10-7-8-2-3-9-7/h6H,1-5H2,(H2,8,9,10). The Morgan fingerprint density at radius 3 is 2.92 bits per heavy atom. The fourth-order valence-electron chi connectivity index (χ4n) is 1.60. The van der Waals surface area contributed by atoms with Gasteiger partial charge in [-0.15, -0.1) is 0 Å². The van der Waals surface area contributed by atoms with Gasteiger partial charge in [0.1, 0.15) is 0 Å². The van der Waals surface area contributed by atoms with Gasteiger partial charge in [-0.1, -0.05) is 0 Å². The number of hydrogen-bond acceptors (Lipinski definition) is 5. The van der Waals surface area contributed by atoms with Gasteiger partial charge in [0, 0.05) is 12.6 Å². The lowest BCUT2D eigenvalue weighted by Crippen LogP contribution is -2.41. The van der Waals surface area contributed by atoms with Crippen molar-refractivity contribution in [2.45, 2.75) is 12.5 Å². The highest BCUT2D eigenvalue weighted by Gasteiger charge is 2.28. The highest BCUT2D eigenvalue weighted by Crippen LogP contribution is 2.11. The van der Waals surface area contributed by atoms with Crippen molar-refractivity contribution in [3.8, 4) is 0 Å². The van der Waals surface area contributed by atoms with E-state index in [4.69, 9.17) is 0 Å². The molecule has 13 heavy (non-hydrogen) atoms. The van der Waals surface area contributed by atoms with Crippen molar-refractivity contribution in [2.24, 2.45) is 4.99 Å². The van der Waals surface area contributed by atoms with E-state index in [1.807, 2.05) is 0 Å². The van der Waals surface area contributed by atoms with E-state index in [-0.39, 0.29) is 11.8 Å². The van der Waals surface area contributed by atoms with Crippen LogP contribution in [0.4, 0.5) is 0 Å². The van der Waals surface area contributed by atoms with Gasteiger partial charge in [-0.2, -0.15) is 0 Å². The van der Waals surface area contributed by atoms with Gasteiger partial charge in [0.25, 0.3) is 0 Å². The molecule has 0 spiro atoms. The van der Waals surface area contributed by atoms with Crippen molar-refractivity contribution >= 4 is 15.8 Å². The second kappa shape index (κ2) is 3.17. The topological polar surface area (TPSA) is 70.6 Å². The molecule has 2 N–H and O–H groups in total. The molecule has 1 fully saturated rings. The van der Waals surface area contributed by atoms with E-state index in [0.717, 1.165) is 19.0 Å². The van der Waals surface area contributed by atoms with Crippen molar-refractivity contribution in [1.29, 1.82) is 0 Å². The van der Waals surface area contributed by atoms with Crippen LogP contribution in [0.3, 0.4) is 0 Å². The summed E-state index contributed by atoms with van der Waals surface area (Å²) in [7, 11) is -2.78. The number of hydrogen-bond donors (Lipinski definition) is 2. The molecule has 5 nitrogen and oxygen atoms in total. The number of nitrogens with one attached hydrogen (secondary N) is 2. The molecule has 0 aromatic carbocycles. The average molecular weight is 203 g/mol. The van der Waals surface area contributed by atoms with E-state index in [1.165, 1.54) is 0 Å². The molecule has 2 aliphatic heterocycles. The summed E-state index contributed by atoms with van der Waals surface area (Å²) in [5.74, 6) is 1.30. The Balaban J connectivity index is 1.90. The average Bonchev–Trinajstić information content (AvgIpc) is 2.61. The van der Waals surface area contributed by atoms with Crippen LogP contribution in [-0.4, -0.2) is 45.0 Å². The highest BCUT2D eigenvalue weighted by atomic mass is 32.2. The molecule has 2 rings (SSSR count). The van der Waals surface area contributed by atoms with E-state index in [2.05, 4.69) is 15.6 Å². The van der Waals surface area contributed by atoms with Crippen LogP contribution in [-0.2, 0) is 9.84 Å². The normalized spacial score (nSPS) is 31.1. The van der Waals surface area contributed by atoms with E-state index in [9.17, 15) is 8.42 Å². The second-order valence-electron chi connectivity index (χ2n) is 3.40. The zero-order valence-electron chi connectivity index (χ0n) is 7.28. The molecule has 6 heteroatoms. The van der Waals surface area contributed by atoms with E-state index < -0.39 is 9.84 Å². The number of guanidine groups is 1. The first-order chi connectivity index (χ1) is 6.16. The van der Waals surface area contributed by atoms with E-state index in [1.54, 1.807) is 0 Å². The zero-order valence-corrected chi connectivity index (χ0v) is 8.10. The van der Waals surface area contributed by atoms with Crippen LogP contribution in [0.15, 0.2) is 4.99 Å². The van der Waals surface area contributed by atoms with Crippen molar-refractivity contribution in [1.82, 2.24) is 10.6 Å². The fraction of sp³-hybridized carbons (Fsp3) is 0.857. The van der Waals surface area contributed by atoms with Crippen LogP contribution in [0, 0.1) is 0 Å². The van der Waals surface area contributed by atoms with Crippen molar-refractivity contribution < 1.29 is 8.42 Å². The molecule has 0 radical (unpaired) electrons. The van der Waals surface area contributed by atoms with Crippen molar-refractivity contribution in [3.05, 3.63) is 0 Å². The largest absolute Gasteiger partial charge is 0.355 e. The third-order valence-corrected chi connectivity index (χ3v) is 4.02. The maximum absolute atomic E-state index is 11.1. The maximum Gasteiger partial charge on any atom is 0.191 e. The monoisotopic (exact) mass is 203 g/mol. The Bertz CT molecular complexity index is 323. The van der Waals surface area contributed by atoms with Crippen LogP contribution in [0.2, 0.25) is 0 Å². The van der Waals surface area contributed by atoms with Gasteiger partial charge in [-0.05, 0) is 6.42 Å². The Morgan fingerprint density at radius 1 is 1.54 bits per heavy atom. The third-order valence-electron chi connectivity index (χ3n) is 2.25.